The lowest BCUT2D eigenvalue weighted by Gasteiger charge is -2.14. The van der Waals surface area contributed by atoms with Gasteiger partial charge in [0.25, 0.3) is 0 Å². The van der Waals surface area contributed by atoms with Crippen LogP contribution in [0, 0.1) is 13.8 Å². The third kappa shape index (κ3) is 3.42. The van der Waals surface area contributed by atoms with Crippen molar-refractivity contribution < 1.29 is 0 Å². The number of aryl methyl sites for hydroxylation is 2. The van der Waals surface area contributed by atoms with E-state index in [-0.39, 0.29) is 0 Å². The molecule has 1 aliphatic carbocycles. The molecule has 1 fully saturated rings. The molecule has 0 atom stereocenters. The van der Waals surface area contributed by atoms with Crippen LogP contribution in [0.1, 0.15) is 29.5 Å². The van der Waals surface area contributed by atoms with E-state index in [1.165, 1.54) is 29.5 Å². The number of halogens is 2. The molecule has 110 valence electrons. The van der Waals surface area contributed by atoms with E-state index in [1.54, 1.807) is 0 Å². The van der Waals surface area contributed by atoms with Crippen molar-refractivity contribution >= 4 is 23.2 Å². The predicted molar refractivity (Wildman–Crippen MR) is 91.2 cm³/mol. The van der Waals surface area contributed by atoms with E-state index in [0.29, 0.717) is 6.04 Å². The van der Waals surface area contributed by atoms with Gasteiger partial charge in [-0.25, -0.2) is 0 Å². The highest BCUT2D eigenvalue weighted by atomic mass is 35.5. The Hall–Kier alpha value is -1.02. The molecule has 1 nitrogen and oxygen atoms in total. The molecule has 2 aromatic carbocycles. The van der Waals surface area contributed by atoms with Gasteiger partial charge in [0.2, 0.25) is 0 Å². The first-order valence-corrected chi connectivity index (χ1v) is 8.09. The van der Waals surface area contributed by atoms with Crippen LogP contribution in [0.25, 0.3) is 11.1 Å². The lowest BCUT2D eigenvalue weighted by Crippen LogP contribution is -2.15. The Labute approximate surface area is 136 Å². The molecule has 0 unspecified atom stereocenters. The lowest BCUT2D eigenvalue weighted by atomic mass is 9.96. The maximum Gasteiger partial charge on any atom is 0.0487 e. The predicted octanol–water partition coefficient (Wildman–Crippen LogP) is 5.53. The summed E-state index contributed by atoms with van der Waals surface area (Å²) in [7, 11) is 0. The second-order valence-electron chi connectivity index (χ2n) is 5.87. The summed E-state index contributed by atoms with van der Waals surface area (Å²) >= 11 is 12.7. The van der Waals surface area contributed by atoms with Crippen LogP contribution >= 0.6 is 23.2 Å². The Kier molecular flexibility index (Phi) is 4.26. The second kappa shape index (κ2) is 6.00. The van der Waals surface area contributed by atoms with Gasteiger partial charge in [0.05, 0.1) is 0 Å². The molecule has 0 saturated heterocycles. The van der Waals surface area contributed by atoms with Gasteiger partial charge in [-0.2, -0.15) is 0 Å². The summed E-state index contributed by atoms with van der Waals surface area (Å²) in [5.41, 5.74) is 5.90. The zero-order valence-electron chi connectivity index (χ0n) is 12.3. The summed E-state index contributed by atoms with van der Waals surface area (Å²) in [5, 5.41) is 5.09. The Morgan fingerprint density at radius 1 is 1.00 bits per heavy atom. The first-order chi connectivity index (χ1) is 10.0. The minimum Gasteiger partial charge on any atom is -0.310 e. The van der Waals surface area contributed by atoms with Crippen LogP contribution in [0.3, 0.4) is 0 Å². The third-order valence-electron chi connectivity index (χ3n) is 4.10. The van der Waals surface area contributed by atoms with E-state index < -0.39 is 0 Å². The van der Waals surface area contributed by atoms with E-state index in [2.05, 4.69) is 31.3 Å². The zero-order chi connectivity index (χ0) is 15.0. The van der Waals surface area contributed by atoms with E-state index in [9.17, 15) is 0 Å². The molecule has 0 bridgehead atoms. The molecule has 1 aliphatic rings. The minimum absolute atomic E-state index is 0.684. The SMILES string of the molecule is Cc1cc(Cl)c(-c2cc(Cl)ccc2CNC2CC2)cc1C. The fourth-order valence-electron chi connectivity index (χ4n) is 2.48. The van der Waals surface area contributed by atoms with Gasteiger partial charge in [-0.1, -0.05) is 29.3 Å². The number of hydrogen-bond acceptors (Lipinski definition) is 1. The molecule has 0 spiro atoms. The van der Waals surface area contributed by atoms with Crippen molar-refractivity contribution in [3.05, 3.63) is 57.1 Å². The molecule has 0 heterocycles. The minimum atomic E-state index is 0.684. The molecule has 0 amide bonds. The maximum atomic E-state index is 6.47. The van der Waals surface area contributed by atoms with Crippen LogP contribution in [0.5, 0.6) is 0 Å². The fraction of sp³-hybridized carbons (Fsp3) is 0.333. The van der Waals surface area contributed by atoms with Gasteiger partial charge >= 0.3 is 0 Å². The van der Waals surface area contributed by atoms with Crippen LogP contribution in [-0.2, 0) is 6.54 Å². The highest BCUT2D eigenvalue weighted by Gasteiger charge is 2.21. The largest absolute Gasteiger partial charge is 0.310 e. The van der Waals surface area contributed by atoms with Gasteiger partial charge in [-0.3, -0.25) is 0 Å². The van der Waals surface area contributed by atoms with E-state index in [1.807, 2.05) is 18.2 Å². The van der Waals surface area contributed by atoms with Crippen LogP contribution in [0.4, 0.5) is 0 Å². The van der Waals surface area contributed by atoms with Gasteiger partial charge in [-0.15, -0.1) is 0 Å². The van der Waals surface area contributed by atoms with Gasteiger partial charge in [0.15, 0.2) is 0 Å². The monoisotopic (exact) mass is 319 g/mol. The smallest absolute Gasteiger partial charge is 0.0487 e. The molecule has 0 radical (unpaired) electrons. The highest BCUT2D eigenvalue weighted by Crippen LogP contribution is 2.34. The van der Waals surface area contributed by atoms with Gasteiger partial charge in [-0.05, 0) is 73.2 Å². The molecule has 3 heteroatoms. The average Bonchev–Trinajstić information content (AvgIpc) is 3.25. The summed E-state index contributed by atoms with van der Waals surface area (Å²) in [4.78, 5) is 0. The summed E-state index contributed by atoms with van der Waals surface area (Å²) in [5.74, 6) is 0. The van der Waals surface area contributed by atoms with Gasteiger partial charge < -0.3 is 5.32 Å². The topological polar surface area (TPSA) is 12.0 Å². The number of benzene rings is 2. The molecule has 3 rings (SSSR count). The van der Waals surface area contributed by atoms with Crippen LogP contribution < -0.4 is 5.32 Å². The zero-order valence-corrected chi connectivity index (χ0v) is 13.9. The third-order valence-corrected chi connectivity index (χ3v) is 4.65. The lowest BCUT2D eigenvalue weighted by molar-refractivity contribution is 0.689. The molecule has 21 heavy (non-hydrogen) atoms. The van der Waals surface area contributed by atoms with Gasteiger partial charge in [0, 0.05) is 28.2 Å². The highest BCUT2D eigenvalue weighted by molar-refractivity contribution is 6.34. The molecule has 1 N–H and O–H groups in total. The van der Waals surface area contributed by atoms with Crippen LogP contribution in [-0.4, -0.2) is 6.04 Å². The maximum absolute atomic E-state index is 6.47. The Morgan fingerprint density at radius 3 is 2.43 bits per heavy atom. The van der Waals surface area contributed by atoms with E-state index in [4.69, 9.17) is 23.2 Å². The summed E-state index contributed by atoms with van der Waals surface area (Å²) < 4.78 is 0. The molecular weight excluding hydrogens is 301 g/mol. The normalized spacial score (nSPS) is 14.5. The molecule has 0 aliphatic heterocycles. The number of hydrogen-bond donors (Lipinski definition) is 1. The standard InChI is InChI=1S/C18H19Cl2N/c1-11-7-17(18(20)8-12(11)2)16-9-14(19)4-3-13(16)10-21-15-5-6-15/h3-4,7-9,15,21H,5-6,10H2,1-2H3. The van der Waals surface area contributed by atoms with Crippen molar-refractivity contribution in [1.29, 1.82) is 0 Å². The average molecular weight is 320 g/mol. The fourth-order valence-corrected chi connectivity index (χ4v) is 2.97. The van der Waals surface area contributed by atoms with Crippen molar-refractivity contribution in [2.45, 2.75) is 39.3 Å². The van der Waals surface area contributed by atoms with Crippen LogP contribution in [0.15, 0.2) is 30.3 Å². The summed E-state index contributed by atoms with van der Waals surface area (Å²) in [6.45, 7) is 5.06. The summed E-state index contributed by atoms with van der Waals surface area (Å²) in [6, 6.07) is 10.9. The Balaban J connectivity index is 2.02. The van der Waals surface area contributed by atoms with Crippen molar-refractivity contribution in [2.24, 2.45) is 0 Å². The van der Waals surface area contributed by atoms with Crippen molar-refractivity contribution in [3.8, 4) is 11.1 Å². The van der Waals surface area contributed by atoms with Crippen molar-refractivity contribution in [1.82, 2.24) is 5.32 Å². The molecule has 1 saturated carbocycles. The number of nitrogens with one attached hydrogen (secondary N) is 1. The van der Waals surface area contributed by atoms with E-state index >= 15 is 0 Å². The number of rotatable bonds is 4. The van der Waals surface area contributed by atoms with Crippen LogP contribution in [0.2, 0.25) is 10.0 Å². The molecule has 0 aromatic heterocycles. The second-order valence-corrected chi connectivity index (χ2v) is 6.72. The quantitative estimate of drug-likeness (QED) is 0.781. The van der Waals surface area contributed by atoms with Crippen molar-refractivity contribution in [3.63, 3.8) is 0 Å². The molecular formula is C18H19Cl2N. The summed E-state index contributed by atoms with van der Waals surface area (Å²) in [6.07, 6.45) is 2.57. The van der Waals surface area contributed by atoms with Crippen molar-refractivity contribution in [2.75, 3.05) is 0 Å². The Bertz CT molecular complexity index is 675. The first-order valence-electron chi connectivity index (χ1n) is 7.33. The van der Waals surface area contributed by atoms with Gasteiger partial charge in [0.1, 0.15) is 0 Å². The Morgan fingerprint density at radius 2 is 1.71 bits per heavy atom. The molecule has 2 aromatic rings. The first kappa shape index (κ1) is 14.9. The van der Waals surface area contributed by atoms with E-state index in [0.717, 1.165) is 27.7 Å².